The van der Waals surface area contributed by atoms with Gasteiger partial charge in [0.1, 0.15) is 5.75 Å². The fourth-order valence-electron chi connectivity index (χ4n) is 1.35. The Morgan fingerprint density at radius 2 is 2.31 bits per heavy atom. The third kappa shape index (κ3) is 2.43. The highest BCUT2D eigenvalue weighted by Crippen LogP contribution is 2.27. The summed E-state index contributed by atoms with van der Waals surface area (Å²) in [6.07, 6.45) is 3.40. The lowest BCUT2D eigenvalue weighted by Gasteiger charge is -2.07. The first-order valence-electron chi connectivity index (χ1n) is 4.75. The number of aromatic nitrogens is 2. The maximum Gasteiger partial charge on any atom is 0.165 e. The summed E-state index contributed by atoms with van der Waals surface area (Å²) >= 11 is 3.34. The van der Waals surface area contributed by atoms with Gasteiger partial charge < -0.3 is 9.84 Å². The Morgan fingerprint density at radius 1 is 1.50 bits per heavy atom. The van der Waals surface area contributed by atoms with Gasteiger partial charge in [0.15, 0.2) is 5.75 Å². The molecule has 5 heteroatoms. The molecule has 0 amide bonds. The Morgan fingerprint density at radius 3 is 2.94 bits per heavy atom. The van der Waals surface area contributed by atoms with Crippen molar-refractivity contribution in [2.75, 3.05) is 0 Å². The van der Waals surface area contributed by atoms with Crippen LogP contribution in [0.15, 0.2) is 35.1 Å². The highest BCUT2D eigenvalue weighted by molar-refractivity contribution is 9.10. The summed E-state index contributed by atoms with van der Waals surface area (Å²) < 4.78 is 8.18. The molecule has 0 bridgehead atoms. The number of hydrogen-bond acceptors (Lipinski definition) is 3. The topological polar surface area (TPSA) is 47.3 Å². The minimum atomic E-state index is -0.0605. The summed E-state index contributed by atoms with van der Waals surface area (Å²) in [5, 5.41) is 13.2. The van der Waals surface area contributed by atoms with Crippen LogP contribution >= 0.6 is 15.9 Å². The van der Waals surface area contributed by atoms with E-state index in [-0.39, 0.29) is 6.61 Å². The number of rotatable bonds is 3. The van der Waals surface area contributed by atoms with Crippen molar-refractivity contribution in [1.29, 1.82) is 0 Å². The van der Waals surface area contributed by atoms with Crippen molar-refractivity contribution < 1.29 is 9.84 Å². The van der Waals surface area contributed by atoms with Crippen LogP contribution in [0.25, 0.3) is 0 Å². The largest absolute Gasteiger partial charge is 0.454 e. The smallest absolute Gasteiger partial charge is 0.165 e. The molecule has 1 aromatic heterocycles. The average molecular weight is 283 g/mol. The van der Waals surface area contributed by atoms with Gasteiger partial charge in [0, 0.05) is 17.1 Å². The van der Waals surface area contributed by atoms with Crippen molar-refractivity contribution in [3.63, 3.8) is 0 Å². The zero-order valence-electron chi connectivity index (χ0n) is 8.72. The first-order valence-corrected chi connectivity index (χ1v) is 5.54. The molecule has 0 radical (unpaired) electrons. The predicted molar refractivity (Wildman–Crippen MR) is 63.3 cm³/mol. The highest BCUT2D eigenvalue weighted by atomic mass is 79.9. The van der Waals surface area contributed by atoms with E-state index in [4.69, 9.17) is 4.74 Å². The van der Waals surface area contributed by atoms with Gasteiger partial charge in [-0.1, -0.05) is 15.9 Å². The van der Waals surface area contributed by atoms with Crippen LogP contribution < -0.4 is 4.74 Å². The minimum absolute atomic E-state index is 0.0605. The van der Waals surface area contributed by atoms with E-state index in [9.17, 15) is 5.11 Å². The van der Waals surface area contributed by atoms with E-state index in [2.05, 4.69) is 21.0 Å². The second kappa shape index (κ2) is 4.67. The minimum Gasteiger partial charge on any atom is -0.454 e. The van der Waals surface area contributed by atoms with Gasteiger partial charge in [-0.15, -0.1) is 0 Å². The molecule has 0 saturated heterocycles. The normalized spacial score (nSPS) is 10.4. The van der Waals surface area contributed by atoms with Crippen LogP contribution in [-0.2, 0) is 13.7 Å². The molecule has 16 heavy (non-hydrogen) atoms. The molecule has 2 rings (SSSR count). The summed E-state index contributed by atoms with van der Waals surface area (Å²) in [4.78, 5) is 0. The van der Waals surface area contributed by atoms with E-state index in [0.29, 0.717) is 11.5 Å². The second-order valence-electron chi connectivity index (χ2n) is 3.36. The lowest BCUT2D eigenvalue weighted by Crippen LogP contribution is -1.91. The number of halogens is 1. The number of aliphatic hydroxyl groups excluding tert-OH is 1. The van der Waals surface area contributed by atoms with Gasteiger partial charge >= 0.3 is 0 Å². The van der Waals surface area contributed by atoms with Crippen molar-refractivity contribution in [3.05, 3.63) is 40.6 Å². The molecule has 0 aliphatic rings. The van der Waals surface area contributed by atoms with E-state index in [1.807, 2.05) is 25.2 Å². The molecule has 1 N–H and O–H groups in total. The number of hydrogen-bond donors (Lipinski definition) is 1. The first-order chi connectivity index (χ1) is 7.69. The fourth-order valence-corrected chi connectivity index (χ4v) is 1.76. The number of aryl methyl sites for hydroxylation is 1. The maximum absolute atomic E-state index is 9.20. The molecule has 1 aromatic carbocycles. The van der Waals surface area contributed by atoms with Crippen molar-refractivity contribution in [2.45, 2.75) is 6.61 Å². The molecule has 2 aromatic rings. The van der Waals surface area contributed by atoms with Gasteiger partial charge in [-0.3, -0.25) is 4.68 Å². The van der Waals surface area contributed by atoms with E-state index in [1.165, 1.54) is 0 Å². The fraction of sp³-hybridized carbons (Fsp3) is 0.182. The summed E-state index contributed by atoms with van der Waals surface area (Å²) in [6, 6.07) is 5.50. The molecule has 0 aliphatic carbocycles. The van der Waals surface area contributed by atoms with E-state index < -0.39 is 0 Å². The molecule has 0 spiro atoms. The monoisotopic (exact) mass is 282 g/mol. The zero-order chi connectivity index (χ0) is 11.5. The van der Waals surface area contributed by atoms with Gasteiger partial charge in [-0.2, -0.15) is 5.10 Å². The van der Waals surface area contributed by atoms with Crippen LogP contribution in [-0.4, -0.2) is 14.9 Å². The van der Waals surface area contributed by atoms with Gasteiger partial charge in [0.25, 0.3) is 0 Å². The zero-order valence-corrected chi connectivity index (χ0v) is 10.3. The van der Waals surface area contributed by atoms with Crippen LogP contribution in [0, 0.1) is 0 Å². The Bertz CT molecular complexity index is 496. The van der Waals surface area contributed by atoms with E-state index >= 15 is 0 Å². The molecule has 0 unspecified atom stereocenters. The predicted octanol–water partition coefficient (Wildman–Crippen LogP) is 2.47. The summed E-state index contributed by atoms with van der Waals surface area (Å²) in [5.74, 6) is 1.29. The lowest BCUT2D eigenvalue weighted by molar-refractivity contribution is 0.276. The van der Waals surface area contributed by atoms with E-state index in [0.717, 1.165) is 10.0 Å². The van der Waals surface area contributed by atoms with Crippen LogP contribution in [0.4, 0.5) is 0 Å². The van der Waals surface area contributed by atoms with Crippen molar-refractivity contribution in [3.8, 4) is 11.5 Å². The Labute approximate surface area is 102 Å². The maximum atomic E-state index is 9.20. The summed E-state index contributed by atoms with van der Waals surface area (Å²) in [6.45, 7) is -0.0605. The molecule has 0 aliphatic heterocycles. The van der Waals surface area contributed by atoms with Crippen LogP contribution in [0.1, 0.15) is 5.56 Å². The van der Waals surface area contributed by atoms with Crippen LogP contribution in [0.3, 0.4) is 0 Å². The van der Waals surface area contributed by atoms with Gasteiger partial charge in [0.05, 0.1) is 19.0 Å². The van der Waals surface area contributed by atoms with Crippen molar-refractivity contribution >= 4 is 15.9 Å². The Balaban J connectivity index is 2.27. The quantitative estimate of drug-likeness (QED) is 0.941. The van der Waals surface area contributed by atoms with E-state index in [1.54, 1.807) is 17.1 Å². The number of ether oxygens (including phenoxy) is 1. The third-order valence-corrected chi connectivity index (χ3v) is 2.60. The summed E-state index contributed by atoms with van der Waals surface area (Å²) in [7, 11) is 1.82. The van der Waals surface area contributed by atoms with Crippen molar-refractivity contribution in [1.82, 2.24) is 9.78 Å². The standard InChI is InChI=1S/C11H11BrN2O2/c1-14-6-10(5-13-14)16-11-3-2-9(12)4-8(11)7-15/h2-6,15H,7H2,1H3. The van der Waals surface area contributed by atoms with Gasteiger partial charge in [-0.25, -0.2) is 0 Å². The molecular weight excluding hydrogens is 272 g/mol. The number of aliphatic hydroxyl groups is 1. The molecule has 0 atom stereocenters. The molecular formula is C11H11BrN2O2. The van der Waals surface area contributed by atoms with Crippen LogP contribution in [0.2, 0.25) is 0 Å². The summed E-state index contributed by atoms with van der Waals surface area (Å²) in [5.41, 5.74) is 0.734. The van der Waals surface area contributed by atoms with Crippen LogP contribution in [0.5, 0.6) is 11.5 Å². The molecule has 0 fully saturated rings. The highest BCUT2D eigenvalue weighted by Gasteiger charge is 2.06. The number of nitrogens with zero attached hydrogens (tertiary/aromatic N) is 2. The van der Waals surface area contributed by atoms with Gasteiger partial charge in [0.2, 0.25) is 0 Å². The number of benzene rings is 1. The molecule has 84 valence electrons. The molecule has 1 heterocycles. The van der Waals surface area contributed by atoms with Crippen molar-refractivity contribution in [2.24, 2.45) is 7.05 Å². The molecule has 0 saturated carbocycles. The Hall–Kier alpha value is -1.33. The SMILES string of the molecule is Cn1cc(Oc2ccc(Br)cc2CO)cn1. The average Bonchev–Trinajstić information content (AvgIpc) is 2.67. The van der Waals surface area contributed by atoms with Gasteiger partial charge in [-0.05, 0) is 18.2 Å². The Kier molecular flexibility index (Phi) is 3.26. The second-order valence-corrected chi connectivity index (χ2v) is 4.28. The lowest BCUT2D eigenvalue weighted by atomic mass is 10.2. The first kappa shape index (κ1) is 11.2. The third-order valence-electron chi connectivity index (χ3n) is 2.10. The molecule has 4 nitrogen and oxygen atoms in total.